The third-order valence-corrected chi connectivity index (χ3v) is 3.07. The molecule has 1 fully saturated rings. The molecular formula is C13H16N2O3. The van der Waals surface area contributed by atoms with Crippen LogP contribution in [0, 0.1) is 6.92 Å². The molecule has 0 radical (unpaired) electrons. The fraction of sp³-hybridized carbons (Fsp3) is 0.385. The first kappa shape index (κ1) is 12.6. The Labute approximate surface area is 105 Å². The van der Waals surface area contributed by atoms with Gasteiger partial charge in [0.1, 0.15) is 0 Å². The first-order chi connectivity index (χ1) is 8.46. The minimum absolute atomic E-state index is 0.253. The molecule has 0 aliphatic heterocycles. The summed E-state index contributed by atoms with van der Waals surface area (Å²) in [4.78, 5) is 23.5. The second-order valence-corrected chi connectivity index (χ2v) is 4.65. The lowest BCUT2D eigenvalue weighted by atomic mass is 10.1. The highest BCUT2D eigenvalue weighted by molar-refractivity contribution is 6.05. The number of nitrogens with one attached hydrogen (secondary N) is 1. The molecule has 0 unspecified atom stereocenters. The van der Waals surface area contributed by atoms with Crippen molar-refractivity contribution in [2.24, 2.45) is 5.73 Å². The minimum atomic E-state index is -0.766. The molecule has 1 aromatic rings. The van der Waals surface area contributed by atoms with Crippen LogP contribution in [0.25, 0.3) is 0 Å². The van der Waals surface area contributed by atoms with Gasteiger partial charge in [-0.2, -0.15) is 0 Å². The van der Waals surface area contributed by atoms with E-state index >= 15 is 0 Å². The van der Waals surface area contributed by atoms with Gasteiger partial charge >= 0.3 is 5.97 Å². The number of benzene rings is 1. The number of nitrogens with two attached hydrogens (primary N) is 1. The summed E-state index contributed by atoms with van der Waals surface area (Å²) >= 11 is 0. The molecule has 18 heavy (non-hydrogen) atoms. The largest absolute Gasteiger partial charge is 0.465 e. The van der Waals surface area contributed by atoms with Crippen molar-refractivity contribution in [3.63, 3.8) is 0 Å². The van der Waals surface area contributed by atoms with Gasteiger partial charge in [0.15, 0.2) is 0 Å². The Bertz CT molecular complexity index is 507. The molecule has 5 heteroatoms. The summed E-state index contributed by atoms with van der Waals surface area (Å²) in [5.74, 6) is -0.729. The van der Waals surface area contributed by atoms with Crippen LogP contribution >= 0.6 is 0 Å². The molecule has 0 saturated heterocycles. The van der Waals surface area contributed by atoms with Crippen molar-refractivity contribution in [3.05, 3.63) is 29.3 Å². The third-order valence-electron chi connectivity index (χ3n) is 3.07. The molecule has 0 heterocycles. The summed E-state index contributed by atoms with van der Waals surface area (Å²) in [6, 6.07) is 5.18. The van der Waals surface area contributed by atoms with Crippen molar-refractivity contribution in [1.82, 2.24) is 0 Å². The number of carbonyl (C=O) groups is 2. The SMILES string of the molecule is COC(=O)c1cc(C)ccc1NC(=O)C1(N)CC1. The van der Waals surface area contributed by atoms with Crippen molar-refractivity contribution in [2.45, 2.75) is 25.3 Å². The molecule has 1 amide bonds. The average molecular weight is 248 g/mol. The molecule has 0 spiro atoms. The van der Waals surface area contributed by atoms with E-state index in [2.05, 4.69) is 5.32 Å². The number of hydrogen-bond donors (Lipinski definition) is 2. The van der Waals surface area contributed by atoms with Gasteiger partial charge in [-0.1, -0.05) is 11.6 Å². The predicted molar refractivity (Wildman–Crippen MR) is 67.3 cm³/mol. The van der Waals surface area contributed by atoms with E-state index in [-0.39, 0.29) is 5.91 Å². The highest BCUT2D eigenvalue weighted by Gasteiger charge is 2.46. The summed E-state index contributed by atoms with van der Waals surface area (Å²) in [6.07, 6.45) is 1.36. The first-order valence-corrected chi connectivity index (χ1v) is 5.75. The van der Waals surface area contributed by atoms with E-state index < -0.39 is 11.5 Å². The number of esters is 1. The van der Waals surface area contributed by atoms with E-state index in [0.717, 1.165) is 5.56 Å². The lowest BCUT2D eigenvalue weighted by molar-refractivity contribution is -0.118. The topological polar surface area (TPSA) is 81.4 Å². The van der Waals surface area contributed by atoms with Gasteiger partial charge in [-0.25, -0.2) is 4.79 Å². The van der Waals surface area contributed by atoms with E-state index in [1.165, 1.54) is 7.11 Å². The van der Waals surface area contributed by atoms with Gasteiger partial charge in [0.2, 0.25) is 5.91 Å². The zero-order chi connectivity index (χ0) is 13.3. The standard InChI is InChI=1S/C13H16N2O3/c1-8-3-4-10(9(7-8)11(16)18-2)15-12(17)13(14)5-6-13/h3-4,7H,5-6,14H2,1-2H3,(H,15,17). The zero-order valence-electron chi connectivity index (χ0n) is 10.4. The van der Waals surface area contributed by atoms with Crippen molar-refractivity contribution >= 4 is 17.6 Å². The molecule has 1 aliphatic rings. The lowest BCUT2D eigenvalue weighted by Crippen LogP contribution is -2.38. The molecule has 96 valence electrons. The molecular weight excluding hydrogens is 232 g/mol. The molecule has 1 aromatic carbocycles. The van der Waals surface area contributed by atoms with Crippen molar-refractivity contribution < 1.29 is 14.3 Å². The molecule has 2 rings (SSSR count). The summed E-state index contributed by atoms with van der Waals surface area (Å²) in [5.41, 5.74) is 6.73. The highest BCUT2D eigenvalue weighted by atomic mass is 16.5. The smallest absolute Gasteiger partial charge is 0.339 e. The van der Waals surface area contributed by atoms with E-state index in [4.69, 9.17) is 10.5 Å². The number of ether oxygens (including phenoxy) is 1. The van der Waals surface area contributed by atoms with E-state index in [0.29, 0.717) is 24.1 Å². The number of aryl methyl sites for hydroxylation is 1. The third kappa shape index (κ3) is 2.36. The van der Waals surface area contributed by atoms with Crippen LogP contribution in [0.2, 0.25) is 0 Å². The van der Waals surface area contributed by atoms with Crippen LogP contribution in [0.1, 0.15) is 28.8 Å². The summed E-state index contributed by atoms with van der Waals surface area (Å²) in [7, 11) is 1.31. The van der Waals surface area contributed by atoms with Crippen LogP contribution < -0.4 is 11.1 Å². The maximum atomic E-state index is 11.9. The van der Waals surface area contributed by atoms with Crippen LogP contribution in [-0.4, -0.2) is 24.5 Å². The monoisotopic (exact) mass is 248 g/mol. The highest BCUT2D eigenvalue weighted by Crippen LogP contribution is 2.33. The summed E-state index contributed by atoms with van der Waals surface area (Å²) in [6.45, 7) is 1.86. The fourth-order valence-corrected chi connectivity index (χ4v) is 1.65. The Morgan fingerprint density at radius 1 is 1.39 bits per heavy atom. The maximum absolute atomic E-state index is 11.9. The van der Waals surface area contributed by atoms with E-state index in [9.17, 15) is 9.59 Å². The number of carbonyl (C=O) groups excluding carboxylic acids is 2. The van der Waals surface area contributed by atoms with Gasteiger partial charge in [0, 0.05) is 0 Å². The quantitative estimate of drug-likeness (QED) is 0.788. The van der Waals surface area contributed by atoms with Crippen molar-refractivity contribution in [1.29, 1.82) is 0 Å². The number of anilines is 1. The van der Waals surface area contributed by atoms with Gasteiger partial charge in [-0.15, -0.1) is 0 Å². The second-order valence-electron chi connectivity index (χ2n) is 4.65. The molecule has 3 N–H and O–H groups in total. The molecule has 0 atom stereocenters. The molecule has 0 aromatic heterocycles. The van der Waals surface area contributed by atoms with Gasteiger partial charge in [-0.05, 0) is 31.9 Å². The number of rotatable bonds is 3. The molecule has 0 bridgehead atoms. The normalized spacial score (nSPS) is 15.9. The van der Waals surface area contributed by atoms with Crippen LogP contribution in [0.15, 0.2) is 18.2 Å². The van der Waals surface area contributed by atoms with Gasteiger partial charge in [0.05, 0.1) is 23.9 Å². The predicted octanol–water partition coefficient (Wildman–Crippen LogP) is 1.21. The zero-order valence-corrected chi connectivity index (χ0v) is 10.4. The maximum Gasteiger partial charge on any atom is 0.339 e. The van der Waals surface area contributed by atoms with Gasteiger partial charge in [-0.3, -0.25) is 4.79 Å². The van der Waals surface area contributed by atoms with Crippen LogP contribution in [-0.2, 0) is 9.53 Å². The van der Waals surface area contributed by atoms with Crippen LogP contribution in [0.4, 0.5) is 5.69 Å². The number of amides is 1. The minimum Gasteiger partial charge on any atom is -0.465 e. The van der Waals surface area contributed by atoms with Gasteiger partial charge < -0.3 is 15.8 Å². The Morgan fingerprint density at radius 3 is 2.61 bits per heavy atom. The van der Waals surface area contributed by atoms with Crippen LogP contribution in [0.3, 0.4) is 0 Å². The number of methoxy groups -OCH3 is 1. The second kappa shape index (κ2) is 4.42. The first-order valence-electron chi connectivity index (χ1n) is 5.75. The average Bonchev–Trinajstić information content (AvgIpc) is 3.10. The van der Waals surface area contributed by atoms with Gasteiger partial charge in [0.25, 0.3) is 0 Å². The Hall–Kier alpha value is -1.88. The van der Waals surface area contributed by atoms with Crippen LogP contribution in [0.5, 0.6) is 0 Å². The Balaban J connectivity index is 2.26. The lowest BCUT2D eigenvalue weighted by Gasteiger charge is -2.13. The van der Waals surface area contributed by atoms with E-state index in [1.54, 1.807) is 12.1 Å². The summed E-state index contributed by atoms with van der Waals surface area (Å²) < 4.78 is 4.69. The fourth-order valence-electron chi connectivity index (χ4n) is 1.65. The van der Waals surface area contributed by atoms with Crippen molar-refractivity contribution in [2.75, 3.05) is 12.4 Å². The Kier molecular flexibility index (Phi) is 3.09. The Morgan fingerprint density at radius 2 is 2.06 bits per heavy atom. The molecule has 1 saturated carbocycles. The van der Waals surface area contributed by atoms with E-state index in [1.807, 2.05) is 13.0 Å². The number of hydrogen-bond acceptors (Lipinski definition) is 4. The molecule has 1 aliphatic carbocycles. The summed E-state index contributed by atoms with van der Waals surface area (Å²) in [5, 5.41) is 2.69. The molecule has 5 nitrogen and oxygen atoms in total. The van der Waals surface area contributed by atoms with Crippen molar-refractivity contribution in [3.8, 4) is 0 Å².